The Morgan fingerprint density at radius 2 is 1.76 bits per heavy atom. The van der Waals surface area contributed by atoms with Crippen molar-refractivity contribution in [2.45, 2.75) is 69.8 Å². The minimum absolute atomic E-state index is 0.0255. The highest BCUT2D eigenvalue weighted by Gasteiger charge is 2.85. The molecule has 4 heteroatoms. The van der Waals surface area contributed by atoms with E-state index in [2.05, 4.69) is 33.5 Å². The minimum Gasteiger partial charge on any atom is -0.389 e. The molecule has 2 nitrogen and oxygen atoms in total. The van der Waals surface area contributed by atoms with E-state index in [9.17, 15) is 0 Å². The van der Waals surface area contributed by atoms with Gasteiger partial charge in [-0.25, -0.2) is 0 Å². The Kier molecular flexibility index (Phi) is 3.22. The summed E-state index contributed by atoms with van der Waals surface area (Å²) in [5.41, 5.74) is -0.0255. The lowest BCUT2D eigenvalue weighted by molar-refractivity contribution is -0.147. The molecule has 1 saturated carbocycles. The van der Waals surface area contributed by atoms with E-state index < -0.39 is 14.1 Å². The smallest absolute Gasteiger partial charge is 0.187 e. The first-order valence-electron chi connectivity index (χ1n) is 6.69. The normalized spacial score (nSPS) is 46.9. The topological polar surface area (TPSA) is 18.5 Å². The number of fused-ring (bicyclic) bond motifs is 1. The highest BCUT2D eigenvalue weighted by molar-refractivity contribution is 6.70. The van der Waals surface area contributed by atoms with Crippen molar-refractivity contribution in [1.29, 1.82) is 0 Å². The number of hydrogen-bond acceptors (Lipinski definition) is 2. The van der Waals surface area contributed by atoms with E-state index in [1.165, 1.54) is 12.8 Å². The molecule has 2 rings (SSSR count). The van der Waals surface area contributed by atoms with Crippen LogP contribution in [0, 0.1) is 5.41 Å². The van der Waals surface area contributed by atoms with Crippen LogP contribution >= 0.6 is 11.6 Å². The van der Waals surface area contributed by atoms with E-state index >= 15 is 0 Å². The van der Waals surface area contributed by atoms with Crippen molar-refractivity contribution in [2.75, 3.05) is 6.61 Å². The molecule has 100 valence electrons. The average Bonchev–Trinajstić information content (AvgIpc) is 2.45. The molecule has 2 fully saturated rings. The maximum Gasteiger partial charge on any atom is 0.187 e. The first-order chi connectivity index (χ1) is 7.66. The number of ether oxygens (including phenoxy) is 1. The van der Waals surface area contributed by atoms with Crippen LogP contribution in [0.3, 0.4) is 0 Å². The summed E-state index contributed by atoms with van der Waals surface area (Å²) in [7, 11) is -1.66. The zero-order valence-corrected chi connectivity index (χ0v) is 13.5. The van der Waals surface area contributed by atoms with Crippen molar-refractivity contribution >= 4 is 19.9 Å². The molecular formula is C13H25ClO2Si. The maximum absolute atomic E-state index is 6.73. The van der Waals surface area contributed by atoms with Crippen molar-refractivity contribution in [3.63, 3.8) is 0 Å². The quantitative estimate of drug-likeness (QED) is 0.557. The van der Waals surface area contributed by atoms with Gasteiger partial charge in [0.25, 0.3) is 0 Å². The lowest BCUT2D eigenvalue weighted by Gasteiger charge is -2.32. The molecule has 1 saturated heterocycles. The summed E-state index contributed by atoms with van der Waals surface area (Å²) in [5.74, 6) is -0.535. The van der Waals surface area contributed by atoms with E-state index in [1.54, 1.807) is 0 Å². The number of rotatable bonds is 2. The van der Waals surface area contributed by atoms with E-state index in [-0.39, 0.29) is 10.3 Å². The fourth-order valence-electron chi connectivity index (χ4n) is 3.19. The van der Waals surface area contributed by atoms with Gasteiger partial charge in [-0.1, -0.05) is 19.8 Å². The van der Waals surface area contributed by atoms with Gasteiger partial charge in [0.15, 0.2) is 14.1 Å². The molecule has 0 spiro atoms. The van der Waals surface area contributed by atoms with Gasteiger partial charge < -0.3 is 9.16 Å². The Bertz CT molecular complexity index is 313. The Hall–Kier alpha value is 0.427. The molecule has 0 N–H and O–H groups in total. The van der Waals surface area contributed by atoms with Crippen LogP contribution < -0.4 is 0 Å². The Morgan fingerprint density at radius 1 is 1.12 bits per heavy atom. The van der Waals surface area contributed by atoms with E-state index in [0.29, 0.717) is 0 Å². The van der Waals surface area contributed by atoms with Crippen molar-refractivity contribution in [3.8, 4) is 0 Å². The lowest BCUT2D eigenvalue weighted by atomic mass is 9.96. The zero-order chi connectivity index (χ0) is 12.9. The Labute approximate surface area is 111 Å². The highest BCUT2D eigenvalue weighted by Crippen LogP contribution is 2.74. The van der Waals surface area contributed by atoms with E-state index in [1.807, 2.05) is 0 Å². The summed E-state index contributed by atoms with van der Waals surface area (Å²) in [6.07, 6.45) is 4.71. The molecule has 1 heterocycles. The standard InChI is InChI=1S/C13H25ClO2Si/c1-11-9-7-6-8-10-15-13(11,12(11,2)14)16-17(3,4)5/h6-10H2,1-5H3. The third-order valence-corrected chi connectivity index (χ3v) is 5.96. The van der Waals surface area contributed by atoms with Gasteiger partial charge in [0, 0.05) is 5.41 Å². The lowest BCUT2D eigenvalue weighted by Crippen LogP contribution is -2.41. The molecule has 0 bridgehead atoms. The summed E-state index contributed by atoms with van der Waals surface area (Å²) in [6, 6.07) is 0. The van der Waals surface area contributed by atoms with Gasteiger partial charge in [0.1, 0.15) is 4.87 Å². The monoisotopic (exact) mass is 276 g/mol. The second-order valence-electron chi connectivity index (χ2n) is 6.83. The van der Waals surface area contributed by atoms with Crippen LogP contribution in [0.15, 0.2) is 0 Å². The number of halogens is 1. The number of hydrogen-bond donors (Lipinski definition) is 0. The zero-order valence-electron chi connectivity index (χ0n) is 11.7. The minimum atomic E-state index is -1.66. The second kappa shape index (κ2) is 3.96. The molecule has 0 aromatic heterocycles. The van der Waals surface area contributed by atoms with Crippen LogP contribution in [-0.2, 0) is 9.16 Å². The van der Waals surface area contributed by atoms with E-state index in [0.717, 1.165) is 19.4 Å². The molecule has 0 aromatic carbocycles. The largest absolute Gasteiger partial charge is 0.389 e. The molecule has 0 aromatic rings. The molecular weight excluding hydrogens is 252 g/mol. The summed E-state index contributed by atoms with van der Waals surface area (Å²) >= 11 is 6.73. The van der Waals surface area contributed by atoms with Gasteiger partial charge in [-0.15, -0.1) is 11.6 Å². The summed E-state index contributed by atoms with van der Waals surface area (Å²) in [5, 5.41) is 0. The number of alkyl halides is 1. The fraction of sp³-hybridized carbons (Fsp3) is 1.00. The van der Waals surface area contributed by atoms with Crippen LogP contribution in [0.1, 0.15) is 39.5 Å². The first kappa shape index (κ1) is 13.8. The van der Waals surface area contributed by atoms with Gasteiger partial charge in [0.2, 0.25) is 0 Å². The van der Waals surface area contributed by atoms with Crippen molar-refractivity contribution in [2.24, 2.45) is 5.41 Å². The molecule has 2 aliphatic rings. The van der Waals surface area contributed by atoms with Crippen LogP contribution in [-0.4, -0.2) is 25.6 Å². The summed E-state index contributed by atoms with van der Waals surface area (Å²) in [4.78, 5) is -0.370. The van der Waals surface area contributed by atoms with Crippen molar-refractivity contribution in [3.05, 3.63) is 0 Å². The SMILES string of the molecule is CC1(Cl)C2(C)CCCCCOC12O[Si](C)(C)C. The second-order valence-corrected chi connectivity index (χ2v) is 12.0. The molecule has 3 unspecified atom stereocenters. The van der Waals surface area contributed by atoms with Crippen LogP contribution in [0.25, 0.3) is 0 Å². The summed E-state index contributed by atoms with van der Waals surface area (Å²) < 4.78 is 12.5. The fourth-order valence-corrected chi connectivity index (χ4v) is 5.08. The van der Waals surface area contributed by atoms with Gasteiger partial charge >= 0.3 is 0 Å². The van der Waals surface area contributed by atoms with Crippen LogP contribution in [0.5, 0.6) is 0 Å². The molecule has 0 radical (unpaired) electrons. The summed E-state index contributed by atoms with van der Waals surface area (Å²) in [6.45, 7) is 11.7. The average molecular weight is 277 g/mol. The molecule has 1 aliphatic carbocycles. The molecule has 0 amide bonds. The predicted molar refractivity (Wildman–Crippen MR) is 73.9 cm³/mol. The predicted octanol–water partition coefficient (Wildman–Crippen LogP) is 4.14. The highest BCUT2D eigenvalue weighted by atomic mass is 35.5. The van der Waals surface area contributed by atoms with Gasteiger partial charge in [0.05, 0.1) is 6.61 Å². The van der Waals surface area contributed by atoms with Gasteiger partial charge in [-0.2, -0.15) is 0 Å². The molecule has 1 aliphatic heterocycles. The Balaban J connectivity index is 2.28. The van der Waals surface area contributed by atoms with Crippen molar-refractivity contribution < 1.29 is 9.16 Å². The van der Waals surface area contributed by atoms with E-state index in [4.69, 9.17) is 20.8 Å². The van der Waals surface area contributed by atoms with Crippen LogP contribution in [0.2, 0.25) is 19.6 Å². The van der Waals surface area contributed by atoms with Gasteiger partial charge in [-0.3, -0.25) is 0 Å². The van der Waals surface area contributed by atoms with Crippen LogP contribution in [0.4, 0.5) is 0 Å². The molecule has 3 atom stereocenters. The first-order valence-corrected chi connectivity index (χ1v) is 10.5. The van der Waals surface area contributed by atoms with Gasteiger partial charge in [-0.05, 0) is 39.4 Å². The maximum atomic E-state index is 6.73. The molecule has 17 heavy (non-hydrogen) atoms. The van der Waals surface area contributed by atoms with Crippen molar-refractivity contribution in [1.82, 2.24) is 0 Å². The Morgan fingerprint density at radius 3 is 2.35 bits per heavy atom. The third kappa shape index (κ3) is 1.90. The third-order valence-electron chi connectivity index (χ3n) is 4.39.